The van der Waals surface area contributed by atoms with Crippen molar-refractivity contribution >= 4 is 28.6 Å². The smallest absolute Gasteiger partial charge is 0.407 e. The number of nitrogens with zero attached hydrogens (tertiary/aromatic N) is 2. The van der Waals surface area contributed by atoms with Gasteiger partial charge in [0, 0.05) is 42.7 Å². The summed E-state index contributed by atoms with van der Waals surface area (Å²) in [6.45, 7) is 11.5. The van der Waals surface area contributed by atoms with Crippen molar-refractivity contribution in [1.29, 1.82) is 0 Å². The molecule has 6 nitrogen and oxygen atoms in total. The van der Waals surface area contributed by atoms with E-state index in [0.717, 1.165) is 53.8 Å². The molecule has 7 heteroatoms. The average molecular weight is 498 g/mol. The quantitative estimate of drug-likeness (QED) is 0.367. The Hall–Kier alpha value is -2.67. The fourth-order valence-corrected chi connectivity index (χ4v) is 3.99. The van der Waals surface area contributed by atoms with Gasteiger partial charge < -0.3 is 14.8 Å². The molecule has 0 radical (unpaired) electrons. The third-order valence-corrected chi connectivity index (χ3v) is 5.88. The zero-order chi connectivity index (χ0) is 25.4. The molecule has 0 saturated carbocycles. The Morgan fingerprint density at radius 2 is 1.86 bits per heavy atom. The molecule has 0 aliphatic heterocycles. The fraction of sp³-hybridized carbons (Fsp3) is 0.429. The summed E-state index contributed by atoms with van der Waals surface area (Å²) in [6, 6.07) is 16.4. The number of nitrogens with one attached hydrogen (secondary N) is 1. The van der Waals surface area contributed by atoms with Crippen molar-refractivity contribution in [3.63, 3.8) is 0 Å². The summed E-state index contributed by atoms with van der Waals surface area (Å²) in [4.78, 5) is 19.1. The van der Waals surface area contributed by atoms with Crippen LogP contribution < -0.4 is 5.32 Å². The number of alkyl carbamates (subject to hydrolysis) is 1. The Bertz CT molecular complexity index is 1130. The monoisotopic (exact) mass is 497 g/mol. The van der Waals surface area contributed by atoms with Gasteiger partial charge in [-0.25, -0.2) is 9.78 Å². The van der Waals surface area contributed by atoms with Crippen molar-refractivity contribution in [2.45, 2.75) is 46.3 Å². The lowest BCUT2D eigenvalue weighted by Crippen LogP contribution is -2.33. The molecule has 3 rings (SSSR count). The highest BCUT2D eigenvalue weighted by molar-refractivity contribution is 6.31. The summed E-state index contributed by atoms with van der Waals surface area (Å²) in [5, 5.41) is 4.59. The lowest BCUT2D eigenvalue weighted by atomic mass is 10.0. The first kappa shape index (κ1) is 26.9. The van der Waals surface area contributed by atoms with E-state index in [0.29, 0.717) is 18.2 Å². The lowest BCUT2D eigenvalue weighted by molar-refractivity contribution is 0.0528. The Morgan fingerprint density at radius 3 is 2.51 bits per heavy atom. The maximum Gasteiger partial charge on any atom is 0.407 e. The van der Waals surface area contributed by atoms with Gasteiger partial charge in [-0.3, -0.25) is 4.90 Å². The molecule has 1 N–H and O–H groups in total. The molecule has 1 aromatic heterocycles. The number of rotatable bonds is 10. The van der Waals surface area contributed by atoms with E-state index in [1.54, 1.807) is 7.11 Å². The van der Waals surface area contributed by atoms with Gasteiger partial charge in [0.25, 0.3) is 0 Å². The summed E-state index contributed by atoms with van der Waals surface area (Å²) in [6.07, 6.45) is 0.323. The van der Waals surface area contributed by atoms with Crippen LogP contribution in [0.3, 0.4) is 0 Å². The number of hydrogen-bond donors (Lipinski definition) is 1. The van der Waals surface area contributed by atoms with Crippen LogP contribution in [0.25, 0.3) is 22.2 Å². The van der Waals surface area contributed by atoms with Gasteiger partial charge in [-0.05, 0) is 63.1 Å². The van der Waals surface area contributed by atoms with Crippen LogP contribution >= 0.6 is 11.6 Å². The van der Waals surface area contributed by atoms with Gasteiger partial charge in [-0.2, -0.15) is 0 Å². The van der Waals surface area contributed by atoms with E-state index in [9.17, 15) is 4.79 Å². The van der Waals surface area contributed by atoms with Gasteiger partial charge in [-0.15, -0.1) is 0 Å². The molecular weight excluding hydrogens is 462 g/mol. The summed E-state index contributed by atoms with van der Waals surface area (Å²) in [5.41, 5.74) is 4.68. The number of benzene rings is 2. The number of pyridine rings is 1. The van der Waals surface area contributed by atoms with Crippen LogP contribution in [-0.2, 0) is 22.4 Å². The molecule has 0 fully saturated rings. The number of hydrogen-bond acceptors (Lipinski definition) is 5. The third-order valence-electron chi connectivity index (χ3n) is 5.64. The topological polar surface area (TPSA) is 63.7 Å². The van der Waals surface area contributed by atoms with Crippen LogP contribution in [0.1, 0.15) is 38.8 Å². The van der Waals surface area contributed by atoms with Crippen molar-refractivity contribution in [3.05, 3.63) is 64.7 Å². The maximum atomic E-state index is 11.8. The first-order valence-corrected chi connectivity index (χ1v) is 12.4. The van der Waals surface area contributed by atoms with Crippen LogP contribution in [0.5, 0.6) is 0 Å². The van der Waals surface area contributed by atoms with Gasteiger partial charge in [0.15, 0.2) is 0 Å². The minimum absolute atomic E-state index is 0.396. The highest BCUT2D eigenvalue weighted by atomic mass is 35.5. The summed E-state index contributed by atoms with van der Waals surface area (Å²) >= 11 is 6.29. The number of likely N-dealkylation sites (N-methyl/N-ethyl adjacent to an activating group) is 1. The molecule has 0 atom stereocenters. The van der Waals surface area contributed by atoms with Gasteiger partial charge in [0.1, 0.15) is 5.60 Å². The zero-order valence-corrected chi connectivity index (χ0v) is 22.1. The second-order valence-electron chi connectivity index (χ2n) is 9.57. The van der Waals surface area contributed by atoms with E-state index in [4.69, 9.17) is 26.1 Å². The van der Waals surface area contributed by atoms with E-state index in [1.165, 1.54) is 5.56 Å². The van der Waals surface area contributed by atoms with Crippen molar-refractivity contribution in [2.75, 3.05) is 33.4 Å². The molecule has 0 aliphatic carbocycles. The number of ether oxygens (including phenoxy) is 2. The Kier molecular flexibility index (Phi) is 9.49. The molecule has 0 spiro atoms. The van der Waals surface area contributed by atoms with Crippen molar-refractivity contribution in [2.24, 2.45) is 0 Å². The molecule has 35 heavy (non-hydrogen) atoms. The number of halogens is 1. The van der Waals surface area contributed by atoms with Crippen LogP contribution in [0.2, 0.25) is 5.02 Å². The Balaban J connectivity index is 1.77. The SMILES string of the molecule is CCN(CCOC)Cc1cc(-c2ccc(CCNC(=O)OC(C)(C)C)cc2)nc2cc(Cl)ccc12. The number of methoxy groups -OCH3 is 1. The molecule has 0 saturated heterocycles. The van der Waals surface area contributed by atoms with E-state index in [1.807, 2.05) is 32.9 Å². The average Bonchev–Trinajstić information content (AvgIpc) is 2.80. The zero-order valence-electron chi connectivity index (χ0n) is 21.4. The van der Waals surface area contributed by atoms with E-state index in [-0.39, 0.29) is 0 Å². The molecule has 0 unspecified atom stereocenters. The highest BCUT2D eigenvalue weighted by Gasteiger charge is 2.15. The Labute approximate surface area is 213 Å². The van der Waals surface area contributed by atoms with E-state index in [2.05, 4.69) is 53.5 Å². The molecule has 2 aromatic carbocycles. The van der Waals surface area contributed by atoms with Gasteiger partial charge in [0.2, 0.25) is 0 Å². The van der Waals surface area contributed by atoms with Crippen LogP contribution in [-0.4, -0.2) is 54.9 Å². The predicted molar refractivity (Wildman–Crippen MR) is 143 cm³/mol. The molecule has 3 aromatic rings. The fourth-order valence-electron chi connectivity index (χ4n) is 3.83. The summed E-state index contributed by atoms with van der Waals surface area (Å²) in [5.74, 6) is 0. The molecule has 1 heterocycles. The lowest BCUT2D eigenvalue weighted by Gasteiger charge is -2.21. The summed E-state index contributed by atoms with van der Waals surface area (Å²) < 4.78 is 10.6. The molecule has 1 amide bonds. The molecular formula is C28H36ClN3O3. The van der Waals surface area contributed by atoms with E-state index >= 15 is 0 Å². The number of carbonyl (C=O) groups excluding carboxylic acids is 1. The van der Waals surface area contributed by atoms with Gasteiger partial charge in [-0.1, -0.05) is 48.9 Å². The first-order chi connectivity index (χ1) is 16.7. The third kappa shape index (κ3) is 8.20. The predicted octanol–water partition coefficient (Wildman–Crippen LogP) is 6.09. The van der Waals surface area contributed by atoms with Crippen molar-refractivity contribution < 1.29 is 14.3 Å². The van der Waals surface area contributed by atoms with Crippen LogP contribution in [0, 0.1) is 0 Å². The van der Waals surface area contributed by atoms with Crippen LogP contribution in [0.15, 0.2) is 48.5 Å². The van der Waals surface area contributed by atoms with Gasteiger partial charge in [0.05, 0.1) is 17.8 Å². The number of aromatic nitrogens is 1. The second-order valence-corrected chi connectivity index (χ2v) is 10.0. The van der Waals surface area contributed by atoms with Crippen LogP contribution in [0.4, 0.5) is 4.79 Å². The Morgan fingerprint density at radius 1 is 1.11 bits per heavy atom. The second kappa shape index (κ2) is 12.3. The first-order valence-electron chi connectivity index (χ1n) is 12.0. The molecule has 188 valence electrons. The number of amides is 1. The normalized spacial score (nSPS) is 11.7. The largest absolute Gasteiger partial charge is 0.444 e. The van der Waals surface area contributed by atoms with Crippen molar-refractivity contribution in [3.8, 4) is 11.3 Å². The summed E-state index contributed by atoms with van der Waals surface area (Å²) in [7, 11) is 1.73. The molecule has 0 bridgehead atoms. The van der Waals surface area contributed by atoms with Gasteiger partial charge >= 0.3 is 6.09 Å². The standard InChI is InChI=1S/C28H36ClN3O3/c1-6-32(15-16-34-5)19-22-17-25(31-26-18-23(29)11-12-24(22)26)21-9-7-20(8-10-21)13-14-30-27(33)35-28(2,3)4/h7-12,17-18H,6,13-16,19H2,1-5H3,(H,30,33). The minimum Gasteiger partial charge on any atom is -0.444 e. The molecule has 0 aliphatic rings. The van der Waals surface area contributed by atoms with E-state index < -0.39 is 11.7 Å². The maximum absolute atomic E-state index is 11.8. The number of fused-ring (bicyclic) bond motifs is 1. The highest BCUT2D eigenvalue weighted by Crippen LogP contribution is 2.28. The number of carbonyl (C=O) groups is 1. The van der Waals surface area contributed by atoms with Crippen molar-refractivity contribution in [1.82, 2.24) is 15.2 Å². The minimum atomic E-state index is -0.500.